The lowest BCUT2D eigenvalue weighted by Gasteiger charge is -2.19. The molecular formula is C18H20N2O6S. The quantitative estimate of drug-likeness (QED) is 0.768. The summed E-state index contributed by atoms with van der Waals surface area (Å²) in [4.78, 5) is 11.9. The molecule has 0 saturated carbocycles. The summed E-state index contributed by atoms with van der Waals surface area (Å²) >= 11 is 0. The van der Waals surface area contributed by atoms with Crippen LogP contribution in [0.15, 0.2) is 41.3 Å². The lowest BCUT2D eigenvalue weighted by Crippen LogP contribution is -2.25. The average molecular weight is 392 g/mol. The molecule has 2 aromatic carbocycles. The number of sulfonamides is 1. The van der Waals surface area contributed by atoms with Crippen molar-refractivity contribution in [2.45, 2.75) is 11.4 Å². The largest absolute Gasteiger partial charge is 0.496 e. The molecule has 1 aliphatic heterocycles. The molecule has 0 fully saturated rings. The molecule has 0 saturated heterocycles. The molecule has 1 aliphatic rings. The Balaban J connectivity index is 1.79. The number of fused-ring (bicyclic) bond motifs is 1. The van der Waals surface area contributed by atoms with Gasteiger partial charge in [0.2, 0.25) is 10.0 Å². The summed E-state index contributed by atoms with van der Waals surface area (Å²) in [5.74, 6) is 1.08. The van der Waals surface area contributed by atoms with Gasteiger partial charge in [-0.05, 0) is 35.9 Å². The molecule has 27 heavy (non-hydrogen) atoms. The van der Waals surface area contributed by atoms with Crippen molar-refractivity contribution in [2.24, 2.45) is 0 Å². The van der Waals surface area contributed by atoms with Crippen LogP contribution in [0.4, 0.5) is 0 Å². The SMILES string of the molecule is CNC(=O)c1cc(S(=O)(=O)NCc2ccc3c(c2)OCCO3)ccc1OC. The number of benzene rings is 2. The third-order valence-corrected chi connectivity index (χ3v) is 5.42. The molecule has 0 spiro atoms. The first kappa shape index (κ1) is 19.0. The van der Waals surface area contributed by atoms with E-state index in [1.165, 1.54) is 32.4 Å². The lowest BCUT2D eigenvalue weighted by atomic mass is 10.2. The zero-order valence-electron chi connectivity index (χ0n) is 14.9. The van der Waals surface area contributed by atoms with Gasteiger partial charge in [0.1, 0.15) is 19.0 Å². The highest BCUT2D eigenvalue weighted by Crippen LogP contribution is 2.31. The van der Waals surface area contributed by atoms with E-state index in [1.54, 1.807) is 18.2 Å². The van der Waals surface area contributed by atoms with Gasteiger partial charge < -0.3 is 19.5 Å². The van der Waals surface area contributed by atoms with Gasteiger partial charge in [0, 0.05) is 13.6 Å². The van der Waals surface area contributed by atoms with E-state index in [1.807, 2.05) is 0 Å². The molecular weight excluding hydrogens is 372 g/mol. The topological polar surface area (TPSA) is 103 Å². The van der Waals surface area contributed by atoms with E-state index in [0.29, 0.717) is 30.5 Å². The first-order valence-corrected chi connectivity index (χ1v) is 9.71. The highest BCUT2D eigenvalue weighted by Gasteiger charge is 2.20. The summed E-state index contributed by atoms with van der Waals surface area (Å²) in [6.07, 6.45) is 0. The fourth-order valence-corrected chi connectivity index (χ4v) is 3.67. The van der Waals surface area contributed by atoms with E-state index in [9.17, 15) is 13.2 Å². The zero-order chi connectivity index (χ0) is 19.4. The second-order valence-corrected chi connectivity index (χ2v) is 7.51. The molecule has 2 N–H and O–H groups in total. The molecule has 0 bridgehead atoms. The van der Waals surface area contributed by atoms with Crippen molar-refractivity contribution in [3.63, 3.8) is 0 Å². The standard InChI is InChI=1S/C18H20N2O6S/c1-19-18(21)14-10-13(4-6-15(14)24-2)27(22,23)20-11-12-3-5-16-17(9-12)26-8-7-25-16/h3-6,9-10,20H,7-8,11H2,1-2H3,(H,19,21). The van der Waals surface area contributed by atoms with Crippen molar-refractivity contribution in [3.05, 3.63) is 47.5 Å². The van der Waals surface area contributed by atoms with Crippen LogP contribution in [0.3, 0.4) is 0 Å². The number of nitrogens with one attached hydrogen (secondary N) is 2. The Labute approximate surface area is 157 Å². The number of hydrogen-bond acceptors (Lipinski definition) is 6. The van der Waals surface area contributed by atoms with Crippen molar-refractivity contribution >= 4 is 15.9 Å². The van der Waals surface area contributed by atoms with Gasteiger partial charge in [-0.25, -0.2) is 13.1 Å². The third-order valence-electron chi connectivity index (χ3n) is 4.03. The summed E-state index contributed by atoms with van der Waals surface area (Å²) in [6.45, 7) is 1.01. The van der Waals surface area contributed by atoms with Crippen LogP contribution < -0.4 is 24.2 Å². The smallest absolute Gasteiger partial charge is 0.254 e. The highest BCUT2D eigenvalue weighted by atomic mass is 32.2. The van der Waals surface area contributed by atoms with Gasteiger partial charge in [0.25, 0.3) is 5.91 Å². The Bertz CT molecular complexity index is 958. The summed E-state index contributed by atoms with van der Waals surface area (Å²) in [5.41, 5.74) is 0.866. The Morgan fingerprint density at radius 2 is 1.85 bits per heavy atom. The summed E-state index contributed by atoms with van der Waals surface area (Å²) in [6, 6.07) is 9.36. The maximum absolute atomic E-state index is 12.6. The van der Waals surface area contributed by atoms with Gasteiger partial charge in [0.15, 0.2) is 11.5 Å². The van der Waals surface area contributed by atoms with Crippen molar-refractivity contribution in [2.75, 3.05) is 27.4 Å². The number of ether oxygens (including phenoxy) is 3. The van der Waals surface area contributed by atoms with Crippen LogP contribution in [-0.4, -0.2) is 41.7 Å². The minimum absolute atomic E-state index is 0.0283. The first-order chi connectivity index (χ1) is 12.9. The van der Waals surface area contributed by atoms with Crippen LogP contribution in [0.1, 0.15) is 15.9 Å². The van der Waals surface area contributed by atoms with Gasteiger partial charge >= 0.3 is 0 Å². The molecule has 0 atom stereocenters. The second kappa shape index (κ2) is 7.85. The summed E-state index contributed by atoms with van der Waals surface area (Å²) < 4.78 is 43.8. The molecule has 2 aromatic rings. The minimum atomic E-state index is -3.83. The number of methoxy groups -OCH3 is 1. The first-order valence-electron chi connectivity index (χ1n) is 8.23. The second-order valence-electron chi connectivity index (χ2n) is 5.74. The number of carbonyl (C=O) groups is 1. The van der Waals surface area contributed by atoms with E-state index in [4.69, 9.17) is 14.2 Å². The molecule has 144 valence electrons. The molecule has 0 radical (unpaired) electrons. The maximum atomic E-state index is 12.6. The van der Waals surface area contributed by atoms with Gasteiger partial charge in [-0.15, -0.1) is 0 Å². The number of hydrogen-bond donors (Lipinski definition) is 2. The van der Waals surface area contributed by atoms with Crippen molar-refractivity contribution in [1.82, 2.24) is 10.0 Å². The van der Waals surface area contributed by atoms with E-state index >= 15 is 0 Å². The number of carbonyl (C=O) groups excluding carboxylic acids is 1. The Morgan fingerprint density at radius 1 is 1.11 bits per heavy atom. The molecule has 9 heteroatoms. The van der Waals surface area contributed by atoms with Crippen molar-refractivity contribution in [3.8, 4) is 17.2 Å². The summed E-state index contributed by atoms with van der Waals surface area (Å²) in [5, 5.41) is 2.46. The lowest BCUT2D eigenvalue weighted by molar-refractivity contribution is 0.0960. The van der Waals surface area contributed by atoms with E-state index < -0.39 is 15.9 Å². The zero-order valence-corrected chi connectivity index (χ0v) is 15.8. The predicted molar refractivity (Wildman–Crippen MR) is 97.8 cm³/mol. The van der Waals surface area contributed by atoms with Gasteiger partial charge in [0.05, 0.1) is 17.6 Å². The Kier molecular flexibility index (Phi) is 5.52. The molecule has 1 heterocycles. The normalized spacial score (nSPS) is 13.1. The van der Waals surface area contributed by atoms with E-state index in [2.05, 4.69) is 10.0 Å². The Morgan fingerprint density at radius 3 is 2.56 bits per heavy atom. The van der Waals surface area contributed by atoms with Gasteiger partial charge in [-0.3, -0.25) is 4.79 Å². The third kappa shape index (κ3) is 4.15. The monoisotopic (exact) mass is 392 g/mol. The molecule has 1 amide bonds. The fraction of sp³-hybridized carbons (Fsp3) is 0.278. The number of rotatable bonds is 6. The predicted octanol–water partition coefficient (Wildman–Crippen LogP) is 1.30. The van der Waals surface area contributed by atoms with Crippen LogP contribution in [0.25, 0.3) is 0 Å². The number of amides is 1. The van der Waals surface area contributed by atoms with Crippen LogP contribution in [0.5, 0.6) is 17.2 Å². The molecule has 0 unspecified atom stereocenters. The molecule has 3 rings (SSSR count). The van der Waals surface area contributed by atoms with Crippen LogP contribution >= 0.6 is 0 Å². The van der Waals surface area contributed by atoms with E-state index in [0.717, 1.165) is 5.56 Å². The average Bonchev–Trinajstić information content (AvgIpc) is 2.71. The van der Waals surface area contributed by atoms with E-state index in [-0.39, 0.29) is 17.0 Å². The van der Waals surface area contributed by atoms with Crippen molar-refractivity contribution in [1.29, 1.82) is 0 Å². The molecule has 0 aliphatic carbocycles. The molecule has 0 aromatic heterocycles. The highest BCUT2D eigenvalue weighted by molar-refractivity contribution is 7.89. The molecule has 8 nitrogen and oxygen atoms in total. The van der Waals surface area contributed by atoms with Crippen LogP contribution in [0.2, 0.25) is 0 Å². The maximum Gasteiger partial charge on any atom is 0.254 e. The fourth-order valence-electron chi connectivity index (χ4n) is 2.63. The van der Waals surface area contributed by atoms with Gasteiger partial charge in [-0.1, -0.05) is 6.07 Å². The van der Waals surface area contributed by atoms with Crippen molar-refractivity contribution < 1.29 is 27.4 Å². The van der Waals surface area contributed by atoms with Gasteiger partial charge in [-0.2, -0.15) is 0 Å². The minimum Gasteiger partial charge on any atom is -0.496 e. The van der Waals surface area contributed by atoms with Crippen LogP contribution in [-0.2, 0) is 16.6 Å². The summed E-state index contributed by atoms with van der Waals surface area (Å²) in [7, 11) is -0.952. The Hall–Kier alpha value is -2.78. The van der Waals surface area contributed by atoms with Crippen LogP contribution in [0, 0.1) is 0 Å².